The molecule has 1 heterocycles. The zero-order valence-corrected chi connectivity index (χ0v) is 19.1. The highest BCUT2D eigenvalue weighted by Gasteiger charge is 2.42. The van der Waals surface area contributed by atoms with Crippen molar-refractivity contribution in [2.75, 3.05) is 6.54 Å². The Morgan fingerprint density at radius 1 is 1.07 bits per heavy atom. The van der Waals surface area contributed by atoms with Crippen molar-refractivity contribution in [1.82, 2.24) is 10.2 Å². The van der Waals surface area contributed by atoms with Crippen molar-refractivity contribution in [3.63, 3.8) is 0 Å². The minimum absolute atomic E-state index is 0.0508. The van der Waals surface area contributed by atoms with Gasteiger partial charge in [0.15, 0.2) is 0 Å². The molecule has 3 unspecified atom stereocenters. The molecule has 0 spiro atoms. The van der Waals surface area contributed by atoms with Crippen LogP contribution >= 0.6 is 0 Å². The van der Waals surface area contributed by atoms with Crippen LogP contribution in [0, 0.1) is 23.7 Å². The van der Waals surface area contributed by atoms with Crippen LogP contribution in [0.5, 0.6) is 0 Å². The lowest BCUT2D eigenvalue weighted by molar-refractivity contribution is -0.142. The summed E-state index contributed by atoms with van der Waals surface area (Å²) in [5.74, 6) is -0.479. The third-order valence-electron chi connectivity index (χ3n) is 5.53. The fourth-order valence-electron chi connectivity index (χ4n) is 3.01. The van der Waals surface area contributed by atoms with Crippen LogP contribution in [0.15, 0.2) is 12.2 Å². The molecule has 166 valence electrons. The number of carboxylic acid groups (broad SMARTS) is 1. The molecule has 0 aromatic rings. The summed E-state index contributed by atoms with van der Waals surface area (Å²) in [7, 11) is 0. The molecular weight excluding hydrogens is 372 g/mol. The number of carbonyl (C=O) groups is 3. The van der Waals surface area contributed by atoms with Crippen LogP contribution in [0.4, 0.5) is 4.79 Å². The van der Waals surface area contributed by atoms with E-state index in [0.717, 1.165) is 0 Å². The Bertz CT molecular complexity index is 623. The summed E-state index contributed by atoms with van der Waals surface area (Å²) < 4.78 is 5.32. The van der Waals surface area contributed by atoms with Crippen LogP contribution in [0.25, 0.3) is 0 Å². The van der Waals surface area contributed by atoms with Crippen molar-refractivity contribution in [3.8, 4) is 0 Å². The average molecular weight is 411 g/mol. The van der Waals surface area contributed by atoms with E-state index in [4.69, 9.17) is 4.74 Å². The van der Waals surface area contributed by atoms with Crippen LogP contribution in [0.1, 0.15) is 61.8 Å². The quantitative estimate of drug-likeness (QED) is 0.624. The van der Waals surface area contributed by atoms with Gasteiger partial charge in [-0.15, -0.1) is 0 Å². The van der Waals surface area contributed by atoms with Gasteiger partial charge in [-0.25, -0.2) is 9.59 Å². The zero-order chi connectivity index (χ0) is 22.5. The minimum atomic E-state index is -1.10. The number of nitrogens with zero attached hydrogens (tertiary/aromatic N) is 1. The molecule has 0 aromatic heterocycles. The third-order valence-corrected chi connectivity index (χ3v) is 5.53. The molecule has 1 fully saturated rings. The van der Waals surface area contributed by atoms with Gasteiger partial charge in [-0.2, -0.15) is 0 Å². The van der Waals surface area contributed by atoms with E-state index in [1.807, 2.05) is 13.8 Å². The van der Waals surface area contributed by atoms with Crippen LogP contribution < -0.4 is 5.32 Å². The highest BCUT2D eigenvalue weighted by atomic mass is 16.6. The summed E-state index contributed by atoms with van der Waals surface area (Å²) >= 11 is 0. The number of aliphatic carboxylic acids is 1. The lowest BCUT2D eigenvalue weighted by Crippen LogP contribution is -2.44. The normalized spacial score (nSPS) is 23.1. The second-order valence-corrected chi connectivity index (χ2v) is 9.56. The Kier molecular flexibility index (Phi) is 8.72. The molecule has 2 amide bonds. The number of nitrogens with one attached hydrogen (secondary N) is 1. The van der Waals surface area contributed by atoms with Gasteiger partial charge in [0.25, 0.3) is 0 Å². The third kappa shape index (κ3) is 7.71. The van der Waals surface area contributed by atoms with Crippen LogP contribution in [-0.4, -0.2) is 52.2 Å². The number of hydrogen-bond acceptors (Lipinski definition) is 4. The summed E-state index contributed by atoms with van der Waals surface area (Å²) in [5, 5.41) is 12.4. The molecule has 0 radical (unpaired) electrons. The topological polar surface area (TPSA) is 95.9 Å². The summed E-state index contributed by atoms with van der Waals surface area (Å²) in [4.78, 5) is 37.8. The number of rotatable bonds is 7. The van der Waals surface area contributed by atoms with E-state index in [1.54, 1.807) is 20.8 Å². The second-order valence-electron chi connectivity index (χ2n) is 9.56. The molecule has 2 N–H and O–H groups in total. The number of ether oxygens (including phenoxy) is 1. The molecule has 7 heteroatoms. The molecule has 1 aliphatic rings. The molecule has 0 aliphatic carbocycles. The molecule has 0 saturated carbocycles. The van der Waals surface area contributed by atoms with E-state index in [2.05, 4.69) is 38.2 Å². The highest BCUT2D eigenvalue weighted by Crippen LogP contribution is 2.23. The van der Waals surface area contributed by atoms with Gasteiger partial charge < -0.3 is 15.2 Å². The Morgan fingerprint density at radius 2 is 1.62 bits per heavy atom. The van der Waals surface area contributed by atoms with Gasteiger partial charge in [0.2, 0.25) is 5.91 Å². The van der Waals surface area contributed by atoms with Gasteiger partial charge in [-0.3, -0.25) is 9.69 Å². The monoisotopic (exact) mass is 410 g/mol. The SMILES string of the molecule is CC(C)C(C)/C=C\C(C)C(C)C(=O)N[C@H]1C[C@@H](C(=O)O)N(C(=O)OC(C)(C)C)C1. The Labute approximate surface area is 174 Å². The van der Waals surface area contributed by atoms with E-state index in [9.17, 15) is 19.5 Å². The smallest absolute Gasteiger partial charge is 0.411 e. The molecular formula is C22H38N2O5. The van der Waals surface area contributed by atoms with Crippen molar-refractivity contribution < 1.29 is 24.2 Å². The van der Waals surface area contributed by atoms with Crippen molar-refractivity contribution in [2.24, 2.45) is 23.7 Å². The first kappa shape index (κ1) is 25.0. The Balaban J connectivity index is 2.73. The van der Waals surface area contributed by atoms with E-state index in [1.165, 1.54) is 4.90 Å². The van der Waals surface area contributed by atoms with Crippen molar-refractivity contribution in [3.05, 3.63) is 12.2 Å². The van der Waals surface area contributed by atoms with Crippen LogP contribution in [0.3, 0.4) is 0 Å². The maximum Gasteiger partial charge on any atom is 0.411 e. The van der Waals surface area contributed by atoms with Gasteiger partial charge in [0.05, 0.1) is 0 Å². The van der Waals surface area contributed by atoms with E-state index in [0.29, 0.717) is 11.8 Å². The highest BCUT2D eigenvalue weighted by molar-refractivity contribution is 5.82. The first-order chi connectivity index (χ1) is 13.2. The zero-order valence-electron chi connectivity index (χ0n) is 19.1. The van der Waals surface area contributed by atoms with E-state index < -0.39 is 29.7 Å². The maximum absolute atomic E-state index is 12.7. The minimum Gasteiger partial charge on any atom is -0.480 e. The largest absolute Gasteiger partial charge is 0.480 e. The van der Waals surface area contributed by atoms with Crippen molar-refractivity contribution in [1.29, 1.82) is 0 Å². The predicted octanol–water partition coefficient (Wildman–Crippen LogP) is 3.69. The number of allylic oxidation sites excluding steroid dienone is 2. The molecule has 0 bridgehead atoms. The summed E-state index contributed by atoms with van der Waals surface area (Å²) in [6.45, 7) is 15.6. The number of amides is 2. The maximum atomic E-state index is 12.7. The molecule has 7 nitrogen and oxygen atoms in total. The first-order valence-electron chi connectivity index (χ1n) is 10.4. The van der Waals surface area contributed by atoms with Gasteiger partial charge in [-0.1, -0.05) is 46.8 Å². The second kappa shape index (κ2) is 10.1. The number of likely N-dealkylation sites (tertiary alicyclic amines) is 1. The van der Waals surface area contributed by atoms with Crippen LogP contribution in [0.2, 0.25) is 0 Å². The van der Waals surface area contributed by atoms with Gasteiger partial charge in [0, 0.05) is 24.9 Å². The molecule has 1 aliphatic heterocycles. The molecule has 29 heavy (non-hydrogen) atoms. The number of carbonyl (C=O) groups excluding carboxylic acids is 2. The standard InChI is InChI=1S/C22H38N2O5/c1-13(2)14(3)9-10-15(4)16(5)19(25)23-17-11-18(20(26)27)24(12-17)21(28)29-22(6,7)8/h9-10,13-18H,11-12H2,1-8H3,(H,23,25)(H,26,27)/b10-9-/t14?,15?,16?,17-,18-/m0/s1. The van der Waals surface area contributed by atoms with Crippen molar-refractivity contribution >= 4 is 18.0 Å². The molecule has 5 atom stereocenters. The van der Waals surface area contributed by atoms with Crippen LogP contribution in [-0.2, 0) is 14.3 Å². The van der Waals surface area contributed by atoms with Gasteiger partial charge >= 0.3 is 12.1 Å². The summed E-state index contributed by atoms with van der Waals surface area (Å²) in [5.41, 5.74) is -0.717. The number of hydrogen-bond donors (Lipinski definition) is 2. The fraction of sp³-hybridized carbons (Fsp3) is 0.773. The van der Waals surface area contributed by atoms with Crippen molar-refractivity contribution in [2.45, 2.75) is 79.5 Å². The summed E-state index contributed by atoms with van der Waals surface area (Å²) in [6.07, 6.45) is 3.70. The van der Waals surface area contributed by atoms with E-state index in [-0.39, 0.29) is 30.7 Å². The van der Waals surface area contributed by atoms with Gasteiger partial charge in [-0.05, 0) is 38.5 Å². The summed E-state index contributed by atoms with van der Waals surface area (Å²) in [6, 6.07) is -1.42. The van der Waals surface area contributed by atoms with E-state index >= 15 is 0 Å². The average Bonchev–Trinajstić information content (AvgIpc) is 3.01. The lowest BCUT2D eigenvalue weighted by atomic mass is 9.91. The first-order valence-corrected chi connectivity index (χ1v) is 10.4. The number of carboxylic acids is 1. The Hall–Kier alpha value is -2.05. The predicted molar refractivity (Wildman–Crippen MR) is 112 cm³/mol. The molecule has 1 rings (SSSR count). The molecule has 0 aromatic carbocycles. The molecule has 1 saturated heterocycles. The van der Waals surface area contributed by atoms with Gasteiger partial charge in [0.1, 0.15) is 11.6 Å². The lowest BCUT2D eigenvalue weighted by Gasteiger charge is -2.26. The fourth-order valence-corrected chi connectivity index (χ4v) is 3.01. The Morgan fingerprint density at radius 3 is 2.10 bits per heavy atom.